The summed E-state index contributed by atoms with van der Waals surface area (Å²) in [4.78, 5) is 26.6. The van der Waals surface area contributed by atoms with Gasteiger partial charge in [-0.25, -0.2) is 9.18 Å². The second-order valence-electron chi connectivity index (χ2n) is 6.41. The number of H-pyrrole nitrogens is 1. The lowest BCUT2D eigenvalue weighted by molar-refractivity contribution is -0.0458. The van der Waals surface area contributed by atoms with E-state index in [0.29, 0.717) is 11.3 Å². The second-order valence-corrected chi connectivity index (χ2v) is 6.41. The summed E-state index contributed by atoms with van der Waals surface area (Å²) in [6, 6.07) is 7.05. The number of benzene rings is 1. The van der Waals surface area contributed by atoms with Crippen LogP contribution in [0.2, 0.25) is 0 Å². The molecule has 28 heavy (non-hydrogen) atoms. The third-order valence-corrected chi connectivity index (χ3v) is 4.58. The first-order chi connectivity index (χ1) is 13.5. The molecule has 4 rings (SSSR count). The molecular weight excluding hydrogens is 373 g/mol. The first-order valence-electron chi connectivity index (χ1n) is 8.49. The second kappa shape index (κ2) is 7.15. The van der Waals surface area contributed by atoms with Gasteiger partial charge in [0, 0.05) is 24.2 Å². The van der Waals surface area contributed by atoms with Gasteiger partial charge in [-0.15, -0.1) is 0 Å². The molecule has 3 atom stereocenters. The molecule has 3 N–H and O–H groups in total. The minimum Gasteiger partial charge on any atom is -0.394 e. The van der Waals surface area contributed by atoms with Crippen molar-refractivity contribution in [2.45, 2.75) is 24.9 Å². The molecule has 1 aliphatic rings. The molecule has 3 heterocycles. The highest BCUT2D eigenvalue weighted by Gasteiger charge is 2.35. The molecule has 0 amide bonds. The van der Waals surface area contributed by atoms with Gasteiger partial charge < -0.3 is 19.5 Å². The maximum Gasteiger partial charge on any atom is 0.330 e. The maximum atomic E-state index is 13.1. The number of halogens is 1. The van der Waals surface area contributed by atoms with Gasteiger partial charge in [0.25, 0.3) is 5.56 Å². The van der Waals surface area contributed by atoms with Gasteiger partial charge in [0.05, 0.1) is 18.3 Å². The van der Waals surface area contributed by atoms with Crippen LogP contribution in [-0.4, -0.2) is 43.7 Å². The van der Waals surface area contributed by atoms with Gasteiger partial charge in [0.15, 0.2) is 5.76 Å². The molecule has 1 saturated heterocycles. The van der Waals surface area contributed by atoms with Crippen molar-refractivity contribution in [3.8, 4) is 22.6 Å². The van der Waals surface area contributed by atoms with Gasteiger partial charge in [0.1, 0.15) is 23.8 Å². The zero-order valence-electron chi connectivity index (χ0n) is 14.4. The predicted octanol–water partition coefficient (Wildman–Crippen LogP) is 0.638. The summed E-state index contributed by atoms with van der Waals surface area (Å²) in [6.45, 7) is -0.396. The topological polar surface area (TPSA) is 131 Å². The molecule has 0 unspecified atom stereocenters. The van der Waals surface area contributed by atoms with Crippen molar-refractivity contribution in [1.29, 1.82) is 0 Å². The normalized spacial score (nSPS) is 21.9. The molecule has 9 nitrogen and oxygen atoms in total. The van der Waals surface area contributed by atoms with Crippen molar-refractivity contribution in [2.24, 2.45) is 0 Å². The van der Waals surface area contributed by atoms with E-state index in [-0.39, 0.29) is 17.7 Å². The Morgan fingerprint density at radius 2 is 2.04 bits per heavy atom. The molecule has 10 heteroatoms. The Morgan fingerprint density at radius 3 is 2.71 bits per heavy atom. The van der Waals surface area contributed by atoms with E-state index in [1.807, 2.05) is 0 Å². The van der Waals surface area contributed by atoms with Gasteiger partial charge in [-0.1, -0.05) is 5.16 Å². The van der Waals surface area contributed by atoms with Crippen molar-refractivity contribution in [3.05, 3.63) is 63.2 Å². The van der Waals surface area contributed by atoms with Crippen LogP contribution < -0.4 is 11.2 Å². The van der Waals surface area contributed by atoms with Crippen LogP contribution in [0, 0.1) is 5.82 Å². The minimum atomic E-state index is -0.936. The molecule has 0 spiro atoms. The van der Waals surface area contributed by atoms with E-state index in [1.54, 1.807) is 0 Å². The molecule has 2 aromatic heterocycles. The highest BCUT2D eigenvalue weighted by Crippen LogP contribution is 2.29. The van der Waals surface area contributed by atoms with Crippen molar-refractivity contribution in [3.63, 3.8) is 0 Å². The van der Waals surface area contributed by atoms with Crippen LogP contribution in [-0.2, 0) is 4.74 Å². The molecule has 3 aromatic rings. The highest BCUT2D eigenvalue weighted by molar-refractivity contribution is 5.65. The Morgan fingerprint density at radius 1 is 1.29 bits per heavy atom. The number of aromatic amines is 1. The molecule has 0 bridgehead atoms. The molecule has 0 aliphatic carbocycles. The van der Waals surface area contributed by atoms with Crippen LogP contribution in [0.5, 0.6) is 0 Å². The van der Waals surface area contributed by atoms with Crippen molar-refractivity contribution in [1.82, 2.24) is 14.7 Å². The van der Waals surface area contributed by atoms with Gasteiger partial charge in [-0.2, -0.15) is 0 Å². The van der Waals surface area contributed by atoms with E-state index in [0.717, 1.165) is 4.57 Å². The molecule has 0 radical (unpaired) electrons. The highest BCUT2D eigenvalue weighted by atomic mass is 19.1. The van der Waals surface area contributed by atoms with E-state index in [9.17, 15) is 24.2 Å². The molecule has 146 valence electrons. The molecular formula is C18H16FN3O6. The van der Waals surface area contributed by atoms with Gasteiger partial charge in [0.2, 0.25) is 0 Å². The first-order valence-corrected chi connectivity index (χ1v) is 8.49. The van der Waals surface area contributed by atoms with Crippen molar-refractivity contribution >= 4 is 0 Å². The number of nitrogens with one attached hydrogen (secondary N) is 1. The van der Waals surface area contributed by atoms with Crippen LogP contribution in [0.4, 0.5) is 4.39 Å². The summed E-state index contributed by atoms with van der Waals surface area (Å²) in [5, 5.41) is 22.9. The fourth-order valence-corrected chi connectivity index (χ4v) is 3.08. The Hall–Kier alpha value is -3.08. The lowest BCUT2D eigenvalue weighted by Crippen LogP contribution is -2.33. The lowest BCUT2D eigenvalue weighted by atomic mass is 10.1. The smallest absolute Gasteiger partial charge is 0.330 e. The van der Waals surface area contributed by atoms with E-state index in [2.05, 4.69) is 10.1 Å². The van der Waals surface area contributed by atoms with E-state index >= 15 is 0 Å². The Labute approximate surface area is 156 Å². The minimum absolute atomic E-state index is 0.0576. The third kappa shape index (κ3) is 3.28. The number of aromatic nitrogens is 3. The van der Waals surface area contributed by atoms with Crippen LogP contribution in [0.15, 0.2) is 50.6 Å². The summed E-state index contributed by atoms with van der Waals surface area (Å²) in [6.07, 6.45) is -1.25. The van der Waals surface area contributed by atoms with E-state index < -0.39 is 42.1 Å². The zero-order valence-corrected chi connectivity index (χ0v) is 14.4. The van der Waals surface area contributed by atoms with Crippen molar-refractivity contribution < 1.29 is 23.9 Å². The Balaban J connectivity index is 1.70. The van der Waals surface area contributed by atoms with Crippen LogP contribution in [0.25, 0.3) is 22.6 Å². The standard InChI is InChI=1S/C18H16FN3O6/c19-10-3-1-9(2-4-10)14-5-12(21-28-14)11-7-22(18(26)20-17(11)25)16-6-13(24)15(8-23)27-16/h1-5,7,13,15-16,23-24H,6,8H2,(H,20,25,26)/t13-,15+,16+/m0/s1. The Bertz CT molecular complexity index is 1100. The summed E-state index contributed by atoms with van der Waals surface area (Å²) < 4.78 is 24.9. The maximum absolute atomic E-state index is 13.1. The lowest BCUT2D eigenvalue weighted by Gasteiger charge is -2.14. The number of nitrogens with zero attached hydrogens (tertiary/aromatic N) is 2. The van der Waals surface area contributed by atoms with Gasteiger partial charge >= 0.3 is 5.69 Å². The monoisotopic (exact) mass is 389 g/mol. The summed E-state index contributed by atoms with van der Waals surface area (Å²) in [5.41, 5.74) is -0.587. The summed E-state index contributed by atoms with van der Waals surface area (Å²) >= 11 is 0. The molecule has 1 aliphatic heterocycles. The van der Waals surface area contributed by atoms with E-state index in [4.69, 9.17) is 9.26 Å². The Kier molecular flexibility index (Phi) is 4.67. The first kappa shape index (κ1) is 18.3. The summed E-state index contributed by atoms with van der Waals surface area (Å²) in [7, 11) is 0. The fraction of sp³-hybridized carbons (Fsp3) is 0.278. The largest absolute Gasteiger partial charge is 0.394 e. The average molecular weight is 389 g/mol. The number of aliphatic hydroxyl groups is 2. The SMILES string of the molecule is O=c1[nH]c(=O)n([C@H]2C[C@H](O)[C@@H](CO)O2)cc1-c1cc(-c2ccc(F)cc2)on1. The number of hydrogen-bond acceptors (Lipinski definition) is 7. The number of rotatable bonds is 4. The van der Waals surface area contributed by atoms with E-state index in [1.165, 1.54) is 36.5 Å². The quantitative estimate of drug-likeness (QED) is 0.597. The van der Waals surface area contributed by atoms with Gasteiger partial charge in [-0.3, -0.25) is 14.3 Å². The average Bonchev–Trinajstić information content (AvgIpc) is 3.29. The number of hydrogen-bond donors (Lipinski definition) is 3. The fourth-order valence-electron chi connectivity index (χ4n) is 3.08. The molecule has 1 fully saturated rings. The number of ether oxygens (including phenoxy) is 1. The molecule has 1 aromatic carbocycles. The molecule has 0 saturated carbocycles. The van der Waals surface area contributed by atoms with Crippen LogP contribution in [0.1, 0.15) is 12.6 Å². The third-order valence-electron chi connectivity index (χ3n) is 4.58. The van der Waals surface area contributed by atoms with Gasteiger partial charge in [-0.05, 0) is 24.3 Å². The summed E-state index contributed by atoms with van der Waals surface area (Å²) in [5.74, 6) is -0.0769. The van der Waals surface area contributed by atoms with Crippen LogP contribution in [0.3, 0.4) is 0 Å². The van der Waals surface area contributed by atoms with Crippen LogP contribution >= 0.6 is 0 Å². The van der Waals surface area contributed by atoms with Crippen molar-refractivity contribution in [2.75, 3.05) is 6.61 Å². The predicted molar refractivity (Wildman–Crippen MR) is 93.8 cm³/mol. The zero-order chi connectivity index (χ0) is 19.8. The number of aliphatic hydroxyl groups excluding tert-OH is 2.